The molecule has 0 radical (unpaired) electrons. The van der Waals surface area contributed by atoms with Crippen LogP contribution in [0.25, 0.3) is 0 Å². The monoisotopic (exact) mass is 651 g/mol. The van der Waals surface area contributed by atoms with Crippen LogP contribution in [-0.2, 0) is 20.0 Å². The van der Waals surface area contributed by atoms with Crippen LogP contribution in [-0.4, -0.2) is 83.1 Å². The fourth-order valence-electron chi connectivity index (χ4n) is 4.64. The molecule has 0 bridgehead atoms. The summed E-state index contributed by atoms with van der Waals surface area (Å²) in [6, 6.07) is 15.5. The predicted octanol–water partition coefficient (Wildman–Crippen LogP) is 3.69. The second-order valence-electron chi connectivity index (χ2n) is 10.3. The highest BCUT2D eigenvalue weighted by molar-refractivity contribution is 7.92. The van der Waals surface area contributed by atoms with E-state index >= 15 is 0 Å². The number of hydrogen-bond donors (Lipinski definition) is 2. The van der Waals surface area contributed by atoms with Gasteiger partial charge in [-0.3, -0.25) is 9.52 Å². The molecule has 4 rings (SSSR count). The molecule has 2 N–H and O–H groups in total. The van der Waals surface area contributed by atoms with Gasteiger partial charge in [0.1, 0.15) is 11.9 Å². The summed E-state index contributed by atoms with van der Waals surface area (Å²) in [5.74, 6) is -0.464. The van der Waals surface area contributed by atoms with E-state index in [0.717, 1.165) is 4.31 Å². The molecule has 0 spiro atoms. The molecule has 3 aromatic rings. The second-order valence-corrected chi connectivity index (χ2v) is 14.5. The van der Waals surface area contributed by atoms with Gasteiger partial charge in [0.15, 0.2) is 5.75 Å². The van der Waals surface area contributed by atoms with Gasteiger partial charge in [0.05, 0.1) is 47.3 Å². The van der Waals surface area contributed by atoms with Crippen molar-refractivity contribution in [2.24, 2.45) is 5.92 Å². The minimum atomic E-state index is -4.13. The number of nitrogens with one attached hydrogen (secondary N) is 1. The fourth-order valence-corrected chi connectivity index (χ4v) is 7.01. The third-order valence-electron chi connectivity index (χ3n) is 7.26. The Morgan fingerprint density at radius 3 is 2.30 bits per heavy atom. The van der Waals surface area contributed by atoms with E-state index < -0.39 is 44.0 Å². The number of para-hydroxylation sites is 1. The highest BCUT2D eigenvalue weighted by atomic mass is 35.5. The number of aliphatic hydroxyl groups is 1. The number of nitrogens with zero attached hydrogens (tertiary/aromatic N) is 2. The van der Waals surface area contributed by atoms with Crippen LogP contribution in [0.2, 0.25) is 5.02 Å². The zero-order valence-corrected chi connectivity index (χ0v) is 26.5. The van der Waals surface area contributed by atoms with Gasteiger partial charge in [-0.05, 0) is 67.6 Å². The van der Waals surface area contributed by atoms with Crippen LogP contribution >= 0.6 is 11.6 Å². The molecule has 43 heavy (non-hydrogen) atoms. The first kappa shape index (κ1) is 32.6. The number of sulfonamides is 2. The minimum Gasteiger partial charge on any atom is -0.497 e. The Hall–Kier alpha value is -3.36. The molecule has 0 fully saturated rings. The molecular formula is C29H34ClN3O8S2. The van der Waals surface area contributed by atoms with Crippen LogP contribution in [0.3, 0.4) is 0 Å². The molecule has 0 unspecified atom stereocenters. The van der Waals surface area contributed by atoms with E-state index in [-0.39, 0.29) is 46.5 Å². The molecule has 0 aromatic heterocycles. The molecule has 1 amide bonds. The predicted molar refractivity (Wildman–Crippen MR) is 163 cm³/mol. The Kier molecular flexibility index (Phi) is 9.92. The maximum Gasteiger partial charge on any atom is 0.262 e. The molecule has 14 heteroatoms. The standard InChI is InChI=1S/C29H34ClN3O8S2/c1-19-16-33(20(2)18-34)29(35)25-6-5-7-26(31-42(36,37)23-14-10-22(40-4)11-15-23)28(25)41-27(19)17-32(3)43(38,39)24-12-8-21(30)9-13-24/h5-15,19-20,27,31,34H,16-18H2,1-4H3/t19-,20-,27+/m0/s1. The lowest BCUT2D eigenvalue weighted by Gasteiger charge is -2.38. The first-order chi connectivity index (χ1) is 20.3. The van der Waals surface area contributed by atoms with Gasteiger partial charge in [-0.1, -0.05) is 24.6 Å². The van der Waals surface area contributed by atoms with E-state index in [0.29, 0.717) is 10.8 Å². The maximum absolute atomic E-state index is 13.7. The SMILES string of the molecule is COc1ccc(S(=O)(=O)Nc2cccc3c2O[C@H](CN(C)S(=O)(=O)c2ccc(Cl)cc2)[C@@H](C)CN([C@@H](C)CO)C3=O)cc1. The third kappa shape index (κ3) is 7.07. The van der Waals surface area contributed by atoms with Crippen molar-refractivity contribution in [3.8, 4) is 11.5 Å². The number of fused-ring (bicyclic) bond motifs is 1. The van der Waals surface area contributed by atoms with Crippen LogP contribution in [0.1, 0.15) is 24.2 Å². The highest BCUT2D eigenvalue weighted by Crippen LogP contribution is 2.36. The molecule has 3 aromatic carbocycles. The topological polar surface area (TPSA) is 143 Å². The number of anilines is 1. The first-order valence-corrected chi connectivity index (χ1v) is 16.7. The number of hydrogen-bond acceptors (Lipinski definition) is 8. The van der Waals surface area contributed by atoms with Crippen molar-refractivity contribution < 1.29 is 36.2 Å². The number of benzene rings is 3. The second kappa shape index (κ2) is 13.1. The molecule has 1 aliphatic heterocycles. The highest BCUT2D eigenvalue weighted by Gasteiger charge is 2.36. The van der Waals surface area contributed by atoms with Crippen molar-refractivity contribution in [2.75, 3.05) is 38.6 Å². The molecule has 0 saturated heterocycles. The number of ether oxygens (including phenoxy) is 2. The third-order valence-corrected chi connectivity index (χ3v) is 10.7. The van der Waals surface area contributed by atoms with Crippen LogP contribution in [0.4, 0.5) is 5.69 Å². The number of carbonyl (C=O) groups excluding carboxylic acids is 1. The molecule has 1 aliphatic rings. The number of methoxy groups -OCH3 is 1. The number of amides is 1. The Morgan fingerprint density at radius 2 is 1.70 bits per heavy atom. The van der Waals surface area contributed by atoms with E-state index in [1.165, 1.54) is 85.8 Å². The Morgan fingerprint density at radius 1 is 1.07 bits per heavy atom. The van der Waals surface area contributed by atoms with Gasteiger partial charge < -0.3 is 19.5 Å². The summed E-state index contributed by atoms with van der Waals surface area (Å²) in [5, 5.41) is 10.3. The summed E-state index contributed by atoms with van der Waals surface area (Å²) in [4.78, 5) is 15.2. The summed E-state index contributed by atoms with van der Waals surface area (Å²) >= 11 is 5.94. The lowest BCUT2D eigenvalue weighted by atomic mass is 9.99. The van der Waals surface area contributed by atoms with E-state index in [1.807, 2.05) is 0 Å². The number of carbonyl (C=O) groups is 1. The van der Waals surface area contributed by atoms with Gasteiger partial charge >= 0.3 is 0 Å². The van der Waals surface area contributed by atoms with E-state index in [4.69, 9.17) is 21.1 Å². The summed E-state index contributed by atoms with van der Waals surface area (Å²) in [6.45, 7) is 3.21. The zero-order chi connectivity index (χ0) is 31.5. The minimum absolute atomic E-state index is 0.000538. The average Bonchev–Trinajstić information content (AvgIpc) is 2.98. The van der Waals surface area contributed by atoms with Crippen LogP contribution < -0.4 is 14.2 Å². The van der Waals surface area contributed by atoms with Gasteiger partial charge in [0.25, 0.3) is 15.9 Å². The van der Waals surface area contributed by atoms with Crippen molar-refractivity contribution in [1.29, 1.82) is 0 Å². The van der Waals surface area contributed by atoms with Crippen molar-refractivity contribution in [2.45, 2.75) is 35.8 Å². The summed E-state index contributed by atoms with van der Waals surface area (Å²) < 4.78 is 68.6. The summed E-state index contributed by atoms with van der Waals surface area (Å²) in [7, 11) is -5.20. The number of aliphatic hydroxyl groups excluding tert-OH is 1. The van der Waals surface area contributed by atoms with Crippen molar-refractivity contribution in [3.05, 3.63) is 77.3 Å². The van der Waals surface area contributed by atoms with Crippen LogP contribution in [0.5, 0.6) is 11.5 Å². The molecule has 1 heterocycles. The molecule has 0 aliphatic carbocycles. The van der Waals surface area contributed by atoms with Crippen molar-refractivity contribution in [1.82, 2.24) is 9.21 Å². The lowest BCUT2D eigenvalue weighted by Crippen LogP contribution is -2.50. The molecular weight excluding hydrogens is 618 g/mol. The molecule has 0 saturated carbocycles. The van der Waals surface area contributed by atoms with E-state index in [2.05, 4.69) is 4.72 Å². The van der Waals surface area contributed by atoms with Gasteiger partial charge in [-0.25, -0.2) is 16.8 Å². The lowest BCUT2D eigenvalue weighted by molar-refractivity contribution is 0.0389. The molecule has 11 nitrogen and oxygen atoms in total. The van der Waals surface area contributed by atoms with Crippen LogP contribution in [0, 0.1) is 5.92 Å². The zero-order valence-electron chi connectivity index (χ0n) is 24.1. The number of likely N-dealkylation sites (N-methyl/N-ethyl adjacent to an activating group) is 1. The van der Waals surface area contributed by atoms with E-state index in [1.54, 1.807) is 13.8 Å². The first-order valence-electron chi connectivity index (χ1n) is 13.4. The Labute approximate surface area is 257 Å². The summed E-state index contributed by atoms with van der Waals surface area (Å²) in [5.41, 5.74) is 0.0657. The van der Waals surface area contributed by atoms with Crippen LogP contribution in [0.15, 0.2) is 76.5 Å². The average molecular weight is 652 g/mol. The van der Waals surface area contributed by atoms with Gasteiger partial charge in [-0.2, -0.15) is 4.31 Å². The van der Waals surface area contributed by atoms with Gasteiger partial charge in [0, 0.05) is 24.5 Å². The van der Waals surface area contributed by atoms with Gasteiger partial charge in [-0.15, -0.1) is 0 Å². The quantitative estimate of drug-likeness (QED) is 0.338. The number of rotatable bonds is 10. The smallest absolute Gasteiger partial charge is 0.262 e. The molecule has 3 atom stereocenters. The Balaban J connectivity index is 1.75. The summed E-state index contributed by atoms with van der Waals surface area (Å²) in [6.07, 6.45) is -0.820. The van der Waals surface area contributed by atoms with Crippen molar-refractivity contribution in [3.63, 3.8) is 0 Å². The Bertz CT molecular complexity index is 1670. The van der Waals surface area contributed by atoms with Crippen molar-refractivity contribution >= 4 is 43.2 Å². The number of halogens is 1. The normalized spacial score (nSPS) is 18.3. The molecule has 232 valence electrons. The maximum atomic E-state index is 13.7. The van der Waals surface area contributed by atoms with Gasteiger partial charge in [0.2, 0.25) is 10.0 Å². The largest absolute Gasteiger partial charge is 0.497 e. The van der Waals surface area contributed by atoms with E-state index in [9.17, 15) is 26.7 Å². The fraction of sp³-hybridized carbons (Fsp3) is 0.345.